The van der Waals surface area contributed by atoms with E-state index in [1.807, 2.05) is 0 Å². The molecule has 0 unspecified atom stereocenters. The first-order chi connectivity index (χ1) is 7.65. The van der Waals surface area contributed by atoms with Gasteiger partial charge < -0.3 is 14.6 Å². The first-order valence-electron chi connectivity index (χ1n) is 4.57. The van der Waals surface area contributed by atoms with E-state index in [1.54, 1.807) is 6.07 Å². The number of aliphatic hydroxyl groups is 1. The van der Waals surface area contributed by atoms with Crippen molar-refractivity contribution < 1.29 is 24.2 Å². The molecule has 84 valence electrons. The molecule has 1 aliphatic heterocycles. The van der Waals surface area contributed by atoms with Crippen molar-refractivity contribution in [2.45, 2.75) is 12.2 Å². The summed E-state index contributed by atoms with van der Waals surface area (Å²) in [5, 5.41) is 9.59. The number of ether oxygens (including phenoxy) is 2. The molecule has 2 atom stereocenters. The van der Waals surface area contributed by atoms with Crippen LogP contribution >= 0.6 is 0 Å². The third kappa shape index (κ3) is 1.53. The molecule has 0 aliphatic carbocycles. The van der Waals surface area contributed by atoms with Gasteiger partial charge in [0, 0.05) is 6.20 Å². The van der Waals surface area contributed by atoms with Gasteiger partial charge in [0.05, 0.1) is 18.4 Å². The van der Waals surface area contributed by atoms with Gasteiger partial charge in [-0.3, -0.25) is 4.98 Å². The molecule has 2 rings (SSSR count). The van der Waals surface area contributed by atoms with Crippen molar-refractivity contribution in [3.8, 4) is 0 Å². The summed E-state index contributed by atoms with van der Waals surface area (Å²) in [5.41, 5.74) is 0.515. The molecule has 1 aromatic heterocycles. The van der Waals surface area contributed by atoms with E-state index >= 15 is 0 Å². The van der Waals surface area contributed by atoms with Crippen LogP contribution in [0.3, 0.4) is 0 Å². The first-order valence-corrected chi connectivity index (χ1v) is 4.57. The van der Waals surface area contributed by atoms with Crippen LogP contribution in [0.2, 0.25) is 0 Å². The number of carbonyl (C=O) groups excluding carboxylic acids is 2. The molecule has 0 spiro atoms. The maximum atomic E-state index is 11.4. The fourth-order valence-corrected chi connectivity index (χ4v) is 1.51. The molecule has 6 nitrogen and oxygen atoms in total. The zero-order valence-electron chi connectivity index (χ0n) is 8.41. The Morgan fingerprint density at radius 3 is 3.12 bits per heavy atom. The predicted octanol–water partition coefficient (Wildman–Crippen LogP) is -0.173. The summed E-state index contributed by atoms with van der Waals surface area (Å²) < 4.78 is 9.23. The topological polar surface area (TPSA) is 85.7 Å². The highest BCUT2D eigenvalue weighted by molar-refractivity contribution is 5.94. The molecule has 16 heavy (non-hydrogen) atoms. The molecular weight excluding hydrogens is 214 g/mol. The quantitative estimate of drug-likeness (QED) is 0.700. The summed E-state index contributed by atoms with van der Waals surface area (Å²) in [6.45, 7) is 0. The maximum Gasteiger partial charge on any atom is 0.340 e. The van der Waals surface area contributed by atoms with E-state index in [2.05, 4.69) is 9.72 Å². The predicted molar refractivity (Wildman–Crippen MR) is 50.4 cm³/mol. The Hall–Kier alpha value is -1.95. The number of esters is 2. The molecule has 0 saturated heterocycles. The normalized spacial score (nSPS) is 19.9. The van der Waals surface area contributed by atoms with E-state index < -0.39 is 24.1 Å². The van der Waals surface area contributed by atoms with Crippen LogP contribution < -0.4 is 0 Å². The van der Waals surface area contributed by atoms with Crippen LogP contribution in [-0.4, -0.2) is 35.2 Å². The Kier molecular flexibility index (Phi) is 2.57. The molecule has 0 fully saturated rings. The molecule has 1 N–H and O–H groups in total. The minimum absolute atomic E-state index is 0.255. The van der Waals surface area contributed by atoms with Crippen molar-refractivity contribution in [2.75, 3.05) is 7.11 Å². The van der Waals surface area contributed by atoms with Crippen LogP contribution in [0, 0.1) is 0 Å². The second-order valence-corrected chi connectivity index (χ2v) is 3.23. The standard InChI is InChI=1S/C10H9NO5/c1-15-10(14)7(12)8-6-5(9(13)16-8)3-2-4-11-6/h2-4,7-8,12H,1H3/t7-,8+/m0/s1. The highest BCUT2D eigenvalue weighted by Crippen LogP contribution is 2.31. The molecule has 0 amide bonds. The van der Waals surface area contributed by atoms with Gasteiger partial charge in [-0.1, -0.05) is 0 Å². The van der Waals surface area contributed by atoms with Crippen LogP contribution in [0.25, 0.3) is 0 Å². The summed E-state index contributed by atoms with van der Waals surface area (Å²) in [5.74, 6) is -1.47. The molecule has 1 aromatic rings. The SMILES string of the molecule is COC(=O)[C@@H](O)[C@@H]1OC(=O)c2cccnc21. The van der Waals surface area contributed by atoms with Gasteiger partial charge in [0.25, 0.3) is 0 Å². The number of methoxy groups -OCH3 is 1. The molecule has 0 saturated carbocycles. The van der Waals surface area contributed by atoms with Gasteiger partial charge in [0.1, 0.15) is 0 Å². The fourth-order valence-electron chi connectivity index (χ4n) is 1.51. The van der Waals surface area contributed by atoms with Crippen molar-refractivity contribution in [3.63, 3.8) is 0 Å². The molecule has 0 aromatic carbocycles. The lowest BCUT2D eigenvalue weighted by Crippen LogP contribution is -2.29. The van der Waals surface area contributed by atoms with Crippen molar-refractivity contribution in [1.82, 2.24) is 4.98 Å². The molecule has 1 aliphatic rings. The molecular formula is C10H9NO5. The van der Waals surface area contributed by atoms with Crippen LogP contribution in [0.1, 0.15) is 22.2 Å². The number of fused-ring (bicyclic) bond motifs is 1. The molecule has 0 bridgehead atoms. The van der Waals surface area contributed by atoms with Gasteiger partial charge in [-0.05, 0) is 12.1 Å². The highest BCUT2D eigenvalue weighted by atomic mass is 16.6. The third-order valence-corrected chi connectivity index (χ3v) is 2.29. The first kappa shape index (κ1) is 10.6. The van der Waals surface area contributed by atoms with Crippen LogP contribution in [0.15, 0.2) is 18.3 Å². The Balaban J connectivity index is 2.34. The van der Waals surface area contributed by atoms with Gasteiger partial charge in [-0.25, -0.2) is 9.59 Å². The largest absolute Gasteiger partial charge is 0.467 e. The minimum Gasteiger partial charge on any atom is -0.467 e. The lowest BCUT2D eigenvalue weighted by Gasteiger charge is -2.14. The number of aromatic nitrogens is 1. The van der Waals surface area contributed by atoms with Gasteiger partial charge in [0.15, 0.2) is 12.2 Å². The van der Waals surface area contributed by atoms with Crippen molar-refractivity contribution in [3.05, 3.63) is 29.6 Å². The fraction of sp³-hybridized carbons (Fsp3) is 0.300. The van der Waals surface area contributed by atoms with Crippen LogP contribution in [0.5, 0.6) is 0 Å². The lowest BCUT2D eigenvalue weighted by atomic mass is 10.1. The number of pyridine rings is 1. The van der Waals surface area contributed by atoms with Gasteiger partial charge in [0.2, 0.25) is 0 Å². The molecule has 0 radical (unpaired) electrons. The summed E-state index contributed by atoms with van der Waals surface area (Å²) >= 11 is 0. The third-order valence-electron chi connectivity index (χ3n) is 2.29. The van der Waals surface area contributed by atoms with Crippen LogP contribution in [-0.2, 0) is 14.3 Å². The number of nitrogens with zero attached hydrogens (tertiary/aromatic N) is 1. The van der Waals surface area contributed by atoms with Gasteiger partial charge >= 0.3 is 11.9 Å². The van der Waals surface area contributed by atoms with Crippen molar-refractivity contribution in [1.29, 1.82) is 0 Å². The lowest BCUT2D eigenvalue weighted by molar-refractivity contribution is -0.156. The summed E-state index contributed by atoms with van der Waals surface area (Å²) in [7, 11) is 1.14. The van der Waals surface area contributed by atoms with Crippen LogP contribution in [0.4, 0.5) is 0 Å². The maximum absolute atomic E-state index is 11.4. The summed E-state index contributed by atoms with van der Waals surface area (Å²) in [6, 6.07) is 3.10. The van der Waals surface area contributed by atoms with E-state index in [0.717, 1.165) is 7.11 Å². The van der Waals surface area contributed by atoms with Crippen molar-refractivity contribution >= 4 is 11.9 Å². The highest BCUT2D eigenvalue weighted by Gasteiger charge is 2.40. The van der Waals surface area contributed by atoms with Crippen molar-refractivity contribution in [2.24, 2.45) is 0 Å². The number of hydrogen-bond acceptors (Lipinski definition) is 6. The summed E-state index contributed by atoms with van der Waals surface area (Å²) in [4.78, 5) is 26.4. The zero-order chi connectivity index (χ0) is 11.7. The average Bonchev–Trinajstić information content (AvgIpc) is 2.65. The number of hydrogen-bond donors (Lipinski definition) is 1. The monoisotopic (exact) mass is 223 g/mol. The average molecular weight is 223 g/mol. The van der Waals surface area contributed by atoms with E-state index in [9.17, 15) is 14.7 Å². The Morgan fingerprint density at radius 2 is 2.44 bits per heavy atom. The molecule has 2 heterocycles. The number of rotatable bonds is 2. The van der Waals surface area contributed by atoms with E-state index in [4.69, 9.17) is 4.74 Å². The molecule has 6 heteroatoms. The van der Waals surface area contributed by atoms with E-state index in [1.165, 1.54) is 12.3 Å². The second-order valence-electron chi connectivity index (χ2n) is 3.23. The zero-order valence-corrected chi connectivity index (χ0v) is 8.41. The Labute approximate surface area is 90.8 Å². The Morgan fingerprint density at radius 1 is 1.69 bits per heavy atom. The smallest absolute Gasteiger partial charge is 0.340 e. The number of carbonyl (C=O) groups is 2. The summed E-state index contributed by atoms with van der Waals surface area (Å²) in [6.07, 6.45) is -1.18. The van der Waals surface area contributed by atoms with Gasteiger partial charge in [-0.15, -0.1) is 0 Å². The number of aliphatic hydroxyl groups excluding tert-OH is 1. The Bertz CT molecular complexity index is 445. The van der Waals surface area contributed by atoms with E-state index in [-0.39, 0.29) is 11.3 Å². The van der Waals surface area contributed by atoms with Gasteiger partial charge in [-0.2, -0.15) is 0 Å². The van der Waals surface area contributed by atoms with E-state index in [0.29, 0.717) is 0 Å². The minimum atomic E-state index is -1.55. The second kappa shape index (κ2) is 3.90. The number of cyclic esters (lactones) is 1.